The maximum absolute atomic E-state index is 12.3. The minimum Gasteiger partial charge on any atom is -0.493 e. The molecule has 2 aromatic carbocycles. The molecule has 0 aliphatic heterocycles. The monoisotopic (exact) mass is 394 g/mol. The molecule has 7 nitrogen and oxygen atoms in total. The van der Waals surface area contributed by atoms with Crippen LogP contribution in [0, 0.1) is 0 Å². The van der Waals surface area contributed by atoms with Crippen molar-refractivity contribution in [2.45, 2.75) is 6.10 Å². The molecule has 0 spiro atoms. The fourth-order valence-corrected chi connectivity index (χ4v) is 2.83. The van der Waals surface area contributed by atoms with Crippen LogP contribution in [0.4, 0.5) is 10.5 Å². The summed E-state index contributed by atoms with van der Waals surface area (Å²) in [6.45, 7) is 0.247. The molecule has 27 heavy (non-hydrogen) atoms. The summed E-state index contributed by atoms with van der Waals surface area (Å²) in [4.78, 5) is 12.3. The van der Waals surface area contributed by atoms with Crippen molar-refractivity contribution in [1.29, 1.82) is 0 Å². The minimum atomic E-state index is -0.404. The van der Waals surface area contributed by atoms with E-state index in [1.807, 2.05) is 18.2 Å². The van der Waals surface area contributed by atoms with E-state index in [4.69, 9.17) is 30.5 Å². The molecule has 0 aliphatic rings. The van der Waals surface area contributed by atoms with Crippen molar-refractivity contribution in [3.05, 3.63) is 47.0 Å². The van der Waals surface area contributed by atoms with E-state index in [1.54, 1.807) is 25.3 Å². The predicted molar refractivity (Wildman–Crippen MR) is 104 cm³/mol. The zero-order valence-electron chi connectivity index (χ0n) is 15.7. The molecular weight excluding hydrogens is 372 g/mol. The molecule has 0 bridgehead atoms. The number of methoxy groups -OCH3 is 4. The summed E-state index contributed by atoms with van der Waals surface area (Å²) in [5, 5.41) is 6.08. The normalized spacial score (nSPS) is 11.4. The van der Waals surface area contributed by atoms with Crippen LogP contribution in [0.1, 0.15) is 11.7 Å². The van der Waals surface area contributed by atoms with Crippen LogP contribution in [-0.4, -0.2) is 41.0 Å². The lowest BCUT2D eigenvalue weighted by Crippen LogP contribution is -2.33. The first-order valence-electron chi connectivity index (χ1n) is 8.16. The first kappa shape index (κ1) is 20.7. The molecule has 2 aromatic rings. The number of urea groups is 1. The number of hydrogen-bond donors (Lipinski definition) is 2. The van der Waals surface area contributed by atoms with Crippen molar-refractivity contribution >= 4 is 23.3 Å². The van der Waals surface area contributed by atoms with Gasteiger partial charge in [0.05, 0.1) is 27.0 Å². The third kappa shape index (κ3) is 5.18. The lowest BCUT2D eigenvalue weighted by Gasteiger charge is -2.18. The second-order valence-electron chi connectivity index (χ2n) is 5.49. The average Bonchev–Trinajstić information content (AvgIpc) is 2.68. The predicted octanol–water partition coefficient (Wildman–Crippen LogP) is 3.88. The Balaban J connectivity index is 2.06. The van der Waals surface area contributed by atoms with Crippen LogP contribution in [0.3, 0.4) is 0 Å². The number of hydrogen-bond acceptors (Lipinski definition) is 5. The van der Waals surface area contributed by atoms with E-state index in [-0.39, 0.29) is 12.6 Å². The maximum Gasteiger partial charge on any atom is 0.319 e. The van der Waals surface area contributed by atoms with Gasteiger partial charge in [-0.15, -0.1) is 0 Å². The Hall–Kier alpha value is -2.64. The summed E-state index contributed by atoms with van der Waals surface area (Å²) < 4.78 is 21.3. The largest absolute Gasteiger partial charge is 0.493 e. The number of ether oxygens (including phenoxy) is 4. The molecule has 0 radical (unpaired) electrons. The molecular formula is C19H23ClN2O5. The van der Waals surface area contributed by atoms with Crippen LogP contribution in [0.25, 0.3) is 0 Å². The fraction of sp³-hybridized carbons (Fsp3) is 0.316. The molecule has 1 atom stereocenters. The summed E-state index contributed by atoms with van der Waals surface area (Å²) in [5.74, 6) is 1.33. The van der Waals surface area contributed by atoms with E-state index in [1.165, 1.54) is 21.3 Å². The molecule has 2 N–H and O–H groups in total. The second-order valence-corrected chi connectivity index (χ2v) is 5.90. The van der Waals surface area contributed by atoms with Gasteiger partial charge in [-0.1, -0.05) is 29.8 Å². The Morgan fingerprint density at radius 2 is 1.67 bits per heavy atom. The van der Waals surface area contributed by atoms with E-state index in [9.17, 15) is 4.79 Å². The topological polar surface area (TPSA) is 78.1 Å². The van der Waals surface area contributed by atoms with Crippen molar-refractivity contribution in [3.8, 4) is 17.2 Å². The number of anilines is 1. The van der Waals surface area contributed by atoms with Crippen LogP contribution in [0.2, 0.25) is 5.02 Å². The van der Waals surface area contributed by atoms with E-state index in [0.29, 0.717) is 28.0 Å². The van der Waals surface area contributed by atoms with Crippen molar-refractivity contribution < 1.29 is 23.7 Å². The fourth-order valence-electron chi connectivity index (χ4n) is 2.57. The van der Waals surface area contributed by atoms with Crippen molar-refractivity contribution in [2.75, 3.05) is 40.3 Å². The van der Waals surface area contributed by atoms with Gasteiger partial charge in [0.1, 0.15) is 6.10 Å². The number of rotatable bonds is 8. The number of nitrogens with one attached hydrogen (secondary N) is 2. The Labute approximate surface area is 163 Å². The number of amides is 2. The van der Waals surface area contributed by atoms with Gasteiger partial charge in [0.25, 0.3) is 0 Å². The minimum absolute atomic E-state index is 0.247. The summed E-state index contributed by atoms with van der Waals surface area (Å²) in [7, 11) is 6.09. The Morgan fingerprint density at radius 3 is 2.19 bits per heavy atom. The quantitative estimate of drug-likeness (QED) is 0.710. The molecule has 146 valence electrons. The molecule has 2 rings (SSSR count). The molecule has 0 fully saturated rings. The van der Waals surface area contributed by atoms with Crippen LogP contribution in [0.5, 0.6) is 17.2 Å². The van der Waals surface area contributed by atoms with Crippen LogP contribution in [-0.2, 0) is 4.74 Å². The highest BCUT2D eigenvalue weighted by molar-refractivity contribution is 6.31. The Bertz CT molecular complexity index is 759. The smallest absolute Gasteiger partial charge is 0.319 e. The van der Waals surface area contributed by atoms with Gasteiger partial charge in [0.15, 0.2) is 11.5 Å². The first-order valence-corrected chi connectivity index (χ1v) is 8.53. The van der Waals surface area contributed by atoms with Crippen molar-refractivity contribution in [3.63, 3.8) is 0 Å². The van der Waals surface area contributed by atoms with Gasteiger partial charge in [-0.3, -0.25) is 0 Å². The van der Waals surface area contributed by atoms with Gasteiger partial charge in [0, 0.05) is 36.4 Å². The number of carbonyl (C=O) groups excluding carboxylic acids is 1. The second kappa shape index (κ2) is 9.89. The summed E-state index contributed by atoms with van der Waals surface area (Å²) in [5.41, 5.74) is 1.29. The third-order valence-electron chi connectivity index (χ3n) is 3.91. The maximum atomic E-state index is 12.3. The lowest BCUT2D eigenvalue weighted by molar-refractivity contribution is 0.104. The van der Waals surface area contributed by atoms with Gasteiger partial charge in [-0.05, 0) is 6.07 Å². The van der Waals surface area contributed by atoms with Crippen LogP contribution < -0.4 is 24.8 Å². The van der Waals surface area contributed by atoms with Gasteiger partial charge in [-0.25, -0.2) is 4.79 Å². The van der Waals surface area contributed by atoms with E-state index >= 15 is 0 Å². The van der Waals surface area contributed by atoms with E-state index < -0.39 is 6.03 Å². The Morgan fingerprint density at radius 1 is 1.04 bits per heavy atom. The van der Waals surface area contributed by atoms with Gasteiger partial charge in [0.2, 0.25) is 5.75 Å². The zero-order chi connectivity index (χ0) is 19.8. The Kier molecular flexibility index (Phi) is 7.57. The first-order chi connectivity index (χ1) is 13.0. The molecule has 2 amide bonds. The van der Waals surface area contributed by atoms with Crippen molar-refractivity contribution in [1.82, 2.24) is 5.32 Å². The highest BCUT2D eigenvalue weighted by Gasteiger charge is 2.17. The number of carbonyl (C=O) groups is 1. The summed E-state index contributed by atoms with van der Waals surface area (Å²) in [6.07, 6.45) is -0.371. The van der Waals surface area contributed by atoms with Crippen molar-refractivity contribution in [2.24, 2.45) is 0 Å². The highest BCUT2D eigenvalue weighted by Crippen LogP contribution is 2.39. The molecule has 0 heterocycles. The molecule has 0 saturated carbocycles. The zero-order valence-corrected chi connectivity index (χ0v) is 16.4. The lowest BCUT2D eigenvalue weighted by atomic mass is 10.1. The van der Waals surface area contributed by atoms with E-state index in [0.717, 1.165) is 5.56 Å². The number of halogens is 1. The van der Waals surface area contributed by atoms with Gasteiger partial charge < -0.3 is 29.6 Å². The molecule has 0 aliphatic carbocycles. The highest BCUT2D eigenvalue weighted by atomic mass is 35.5. The molecule has 0 saturated heterocycles. The molecule has 0 aromatic heterocycles. The third-order valence-corrected chi connectivity index (χ3v) is 4.25. The van der Waals surface area contributed by atoms with Gasteiger partial charge in [-0.2, -0.15) is 0 Å². The standard InChI is InChI=1S/C19H23ClN2O5/c1-24-15-9-12(10-16(25-2)18(15)27-4)22-19(23)21-11-17(26-3)13-7-5-6-8-14(13)20/h5-10,17H,11H2,1-4H3,(H2,21,22,23). The molecule has 1 unspecified atom stereocenters. The van der Waals surface area contributed by atoms with Crippen LogP contribution >= 0.6 is 11.6 Å². The van der Waals surface area contributed by atoms with E-state index in [2.05, 4.69) is 10.6 Å². The number of benzene rings is 2. The summed E-state index contributed by atoms with van der Waals surface area (Å²) in [6, 6.07) is 10.2. The SMILES string of the molecule is COc1cc(NC(=O)NCC(OC)c2ccccc2Cl)cc(OC)c1OC. The molecule has 8 heteroatoms. The van der Waals surface area contributed by atoms with Gasteiger partial charge >= 0.3 is 6.03 Å². The summed E-state index contributed by atoms with van der Waals surface area (Å²) >= 11 is 6.19. The average molecular weight is 395 g/mol. The van der Waals surface area contributed by atoms with Crippen LogP contribution in [0.15, 0.2) is 36.4 Å².